The zero-order valence-corrected chi connectivity index (χ0v) is 13.9. The van der Waals surface area contributed by atoms with Crippen molar-refractivity contribution in [3.05, 3.63) is 60.2 Å². The number of fused-ring (bicyclic) bond motifs is 1. The highest BCUT2D eigenvalue weighted by Crippen LogP contribution is 2.33. The number of nitrogens with one attached hydrogen (secondary N) is 1. The van der Waals surface area contributed by atoms with E-state index in [4.69, 9.17) is 13.6 Å². The number of amides is 1. The van der Waals surface area contributed by atoms with Crippen molar-refractivity contribution in [2.45, 2.75) is 6.42 Å². The molecule has 4 rings (SSSR count). The number of carbonyl (C=O) groups is 1. The number of anilines is 1. The normalized spacial score (nSPS) is 10.8. The minimum Gasteiger partial charge on any atom is -0.493 e. The Balaban J connectivity index is 1.52. The van der Waals surface area contributed by atoms with Crippen molar-refractivity contribution in [3.63, 3.8) is 0 Å². The molecule has 130 valence electrons. The van der Waals surface area contributed by atoms with Crippen LogP contribution in [0.15, 0.2) is 63.4 Å². The van der Waals surface area contributed by atoms with Gasteiger partial charge in [0.1, 0.15) is 0 Å². The van der Waals surface area contributed by atoms with E-state index in [2.05, 4.69) is 15.5 Å². The van der Waals surface area contributed by atoms with Gasteiger partial charge in [-0.2, -0.15) is 0 Å². The van der Waals surface area contributed by atoms with Gasteiger partial charge in [-0.15, -0.1) is 5.10 Å². The average molecular weight is 349 g/mol. The number of aromatic nitrogens is 2. The number of rotatable bonds is 5. The fourth-order valence-corrected chi connectivity index (χ4v) is 2.62. The van der Waals surface area contributed by atoms with Crippen LogP contribution in [-0.4, -0.2) is 23.2 Å². The van der Waals surface area contributed by atoms with E-state index in [0.29, 0.717) is 17.1 Å². The number of benzene rings is 2. The van der Waals surface area contributed by atoms with Crippen molar-refractivity contribution >= 4 is 22.9 Å². The highest BCUT2D eigenvalue weighted by molar-refractivity contribution is 5.90. The van der Waals surface area contributed by atoms with Crippen LogP contribution < -0.4 is 10.1 Å². The molecule has 0 aliphatic carbocycles. The maximum atomic E-state index is 12.1. The predicted octanol–water partition coefficient (Wildman–Crippen LogP) is 3.67. The van der Waals surface area contributed by atoms with Gasteiger partial charge in [-0.3, -0.25) is 10.1 Å². The van der Waals surface area contributed by atoms with E-state index in [1.165, 1.54) is 0 Å². The van der Waals surface area contributed by atoms with Gasteiger partial charge in [0.25, 0.3) is 5.89 Å². The van der Waals surface area contributed by atoms with Crippen molar-refractivity contribution in [3.8, 4) is 17.4 Å². The van der Waals surface area contributed by atoms with Crippen LogP contribution in [0.5, 0.6) is 5.75 Å². The highest BCUT2D eigenvalue weighted by atomic mass is 16.5. The van der Waals surface area contributed by atoms with Crippen molar-refractivity contribution in [2.24, 2.45) is 0 Å². The molecule has 0 atom stereocenters. The Morgan fingerprint density at radius 3 is 2.73 bits per heavy atom. The van der Waals surface area contributed by atoms with Crippen LogP contribution >= 0.6 is 0 Å². The van der Waals surface area contributed by atoms with Gasteiger partial charge in [-0.05, 0) is 17.7 Å². The molecule has 2 heterocycles. The quantitative estimate of drug-likeness (QED) is 0.591. The molecule has 26 heavy (non-hydrogen) atoms. The number of furan rings is 1. The molecule has 1 N–H and O–H groups in total. The zero-order valence-electron chi connectivity index (χ0n) is 13.9. The second-order valence-corrected chi connectivity index (χ2v) is 5.61. The summed E-state index contributed by atoms with van der Waals surface area (Å²) in [6.07, 6.45) is 0.223. The van der Waals surface area contributed by atoms with Gasteiger partial charge in [0.05, 0.1) is 13.5 Å². The fourth-order valence-electron chi connectivity index (χ4n) is 2.62. The Morgan fingerprint density at radius 2 is 1.92 bits per heavy atom. The van der Waals surface area contributed by atoms with Crippen molar-refractivity contribution in [1.82, 2.24) is 10.2 Å². The number of ether oxygens (including phenoxy) is 1. The minimum atomic E-state index is -0.238. The first-order valence-corrected chi connectivity index (χ1v) is 7.97. The first kappa shape index (κ1) is 15.9. The topological polar surface area (TPSA) is 90.4 Å². The number of hydrogen-bond donors (Lipinski definition) is 1. The Bertz CT molecular complexity index is 1050. The third-order valence-electron chi connectivity index (χ3n) is 3.82. The van der Waals surface area contributed by atoms with Gasteiger partial charge < -0.3 is 13.6 Å². The van der Waals surface area contributed by atoms with Crippen molar-refractivity contribution in [2.75, 3.05) is 12.4 Å². The van der Waals surface area contributed by atoms with E-state index in [-0.39, 0.29) is 24.2 Å². The smallest absolute Gasteiger partial charge is 0.322 e. The first-order chi connectivity index (χ1) is 12.7. The van der Waals surface area contributed by atoms with Gasteiger partial charge >= 0.3 is 6.01 Å². The summed E-state index contributed by atoms with van der Waals surface area (Å²) in [5.74, 6) is 0.959. The number of nitrogens with zero attached hydrogens (tertiary/aromatic N) is 2. The van der Waals surface area contributed by atoms with Crippen LogP contribution in [0.4, 0.5) is 6.01 Å². The number of carbonyl (C=O) groups excluding carboxylic acids is 1. The summed E-state index contributed by atoms with van der Waals surface area (Å²) in [7, 11) is 1.57. The molecule has 7 heteroatoms. The van der Waals surface area contributed by atoms with Gasteiger partial charge in [0.15, 0.2) is 17.1 Å². The largest absolute Gasteiger partial charge is 0.493 e. The summed E-state index contributed by atoms with van der Waals surface area (Å²) >= 11 is 0. The monoisotopic (exact) mass is 349 g/mol. The molecule has 0 fully saturated rings. The van der Waals surface area contributed by atoms with E-state index in [1.54, 1.807) is 19.2 Å². The second kappa shape index (κ2) is 6.72. The van der Waals surface area contributed by atoms with Crippen LogP contribution in [0, 0.1) is 0 Å². The lowest BCUT2D eigenvalue weighted by atomic mass is 10.1. The van der Waals surface area contributed by atoms with E-state index in [1.807, 2.05) is 42.5 Å². The van der Waals surface area contributed by atoms with Crippen LogP contribution in [-0.2, 0) is 11.2 Å². The molecular weight excluding hydrogens is 334 g/mol. The molecule has 4 aromatic rings. The average Bonchev–Trinajstić information content (AvgIpc) is 3.28. The molecule has 0 bridgehead atoms. The molecule has 0 aliphatic heterocycles. The molecule has 7 nitrogen and oxygen atoms in total. The molecule has 1 amide bonds. The maximum Gasteiger partial charge on any atom is 0.322 e. The molecular formula is C19H15N3O4. The zero-order chi connectivity index (χ0) is 17.9. The van der Waals surface area contributed by atoms with Crippen LogP contribution in [0.2, 0.25) is 0 Å². The van der Waals surface area contributed by atoms with Gasteiger partial charge in [0.2, 0.25) is 5.91 Å². The Morgan fingerprint density at radius 1 is 1.08 bits per heavy atom. The number of hydrogen-bond acceptors (Lipinski definition) is 6. The number of methoxy groups -OCH3 is 1. The Kier molecular flexibility index (Phi) is 4.10. The van der Waals surface area contributed by atoms with Crippen molar-refractivity contribution < 1.29 is 18.4 Å². The van der Waals surface area contributed by atoms with Crippen LogP contribution in [0.1, 0.15) is 5.56 Å². The number of para-hydroxylation sites is 1. The third-order valence-corrected chi connectivity index (χ3v) is 3.82. The second-order valence-electron chi connectivity index (χ2n) is 5.61. The Hall–Kier alpha value is -3.61. The molecule has 0 unspecified atom stereocenters. The molecule has 0 saturated heterocycles. The highest BCUT2D eigenvalue weighted by Gasteiger charge is 2.17. The standard InChI is InChI=1S/C19H15N3O4/c1-24-14-9-5-8-13-11-15(25-17(13)14)18-21-22-19(26-18)20-16(23)10-12-6-3-2-4-7-12/h2-9,11H,10H2,1H3,(H,20,22,23). The summed E-state index contributed by atoms with van der Waals surface area (Å²) < 4.78 is 16.5. The lowest BCUT2D eigenvalue weighted by molar-refractivity contribution is -0.115. The van der Waals surface area contributed by atoms with Gasteiger partial charge in [0, 0.05) is 5.39 Å². The van der Waals surface area contributed by atoms with Crippen LogP contribution in [0.3, 0.4) is 0 Å². The lowest BCUT2D eigenvalue weighted by Gasteiger charge is -2.00. The summed E-state index contributed by atoms with van der Waals surface area (Å²) in [4.78, 5) is 12.1. The fraction of sp³-hybridized carbons (Fsp3) is 0.105. The molecule has 0 radical (unpaired) electrons. The van der Waals surface area contributed by atoms with Gasteiger partial charge in [-0.25, -0.2) is 0 Å². The predicted molar refractivity (Wildman–Crippen MR) is 94.8 cm³/mol. The molecule has 0 spiro atoms. The molecule has 0 aliphatic rings. The summed E-state index contributed by atoms with van der Waals surface area (Å²) in [5, 5.41) is 11.2. The van der Waals surface area contributed by atoms with Crippen LogP contribution in [0.25, 0.3) is 22.6 Å². The van der Waals surface area contributed by atoms with E-state index in [0.717, 1.165) is 10.9 Å². The third kappa shape index (κ3) is 3.14. The molecule has 2 aromatic carbocycles. The van der Waals surface area contributed by atoms with E-state index >= 15 is 0 Å². The SMILES string of the molecule is COc1cccc2cc(-c3nnc(NC(=O)Cc4ccccc4)o3)oc12. The first-order valence-electron chi connectivity index (χ1n) is 7.97. The van der Waals surface area contributed by atoms with Crippen molar-refractivity contribution in [1.29, 1.82) is 0 Å². The minimum absolute atomic E-state index is 0.0216. The molecule has 0 saturated carbocycles. The summed E-state index contributed by atoms with van der Waals surface area (Å²) in [5.41, 5.74) is 1.49. The molecule has 2 aromatic heterocycles. The summed E-state index contributed by atoms with van der Waals surface area (Å²) in [6, 6.07) is 16.8. The summed E-state index contributed by atoms with van der Waals surface area (Å²) in [6.45, 7) is 0. The van der Waals surface area contributed by atoms with E-state index in [9.17, 15) is 4.79 Å². The van der Waals surface area contributed by atoms with Gasteiger partial charge in [-0.1, -0.05) is 47.6 Å². The lowest BCUT2D eigenvalue weighted by Crippen LogP contribution is -2.14. The van der Waals surface area contributed by atoms with E-state index < -0.39 is 0 Å². The Labute approximate surface area is 148 Å². The maximum absolute atomic E-state index is 12.1.